The van der Waals surface area contributed by atoms with Crippen molar-refractivity contribution in [2.24, 2.45) is 0 Å². The van der Waals surface area contributed by atoms with Crippen LogP contribution in [-0.4, -0.2) is 0 Å². The van der Waals surface area contributed by atoms with Gasteiger partial charge in [-0.2, -0.15) is 0 Å². The lowest BCUT2D eigenvalue weighted by Crippen LogP contribution is -2.14. The minimum Gasteiger partial charge on any atom is -0.456 e. The molecule has 2 heteroatoms. The summed E-state index contributed by atoms with van der Waals surface area (Å²) in [4.78, 5) is 0. The molecule has 0 fully saturated rings. The van der Waals surface area contributed by atoms with Crippen LogP contribution in [0.3, 0.4) is 0 Å². The number of benzene rings is 6. The number of anilines is 2. The maximum Gasteiger partial charge on any atom is 0.135 e. The Balaban J connectivity index is 1.15. The van der Waals surface area contributed by atoms with Crippen LogP contribution in [0.4, 0.5) is 11.4 Å². The van der Waals surface area contributed by atoms with Crippen molar-refractivity contribution in [1.82, 2.24) is 0 Å². The Morgan fingerprint density at radius 2 is 1.26 bits per heavy atom. The van der Waals surface area contributed by atoms with E-state index in [9.17, 15) is 0 Å². The highest BCUT2D eigenvalue weighted by Gasteiger charge is 2.36. The van der Waals surface area contributed by atoms with Crippen LogP contribution in [-0.2, 0) is 5.41 Å². The zero-order valence-corrected chi connectivity index (χ0v) is 22.0. The standard InChI is InChI=1S/C37H27NO/c1-37(2)32-18-16-29(22-31(32)36-30-9-5-3-7-23(30)14-17-33(36)37)38-28-15-13-24-19-27(12-11-25(24)20-28)35-21-26-8-4-6-10-34(26)39-35/h3-22,38H,1-2H3. The molecule has 8 rings (SSSR count). The monoisotopic (exact) mass is 501 g/mol. The van der Waals surface area contributed by atoms with Crippen molar-refractivity contribution >= 4 is 43.9 Å². The zero-order valence-electron chi connectivity index (χ0n) is 22.0. The number of rotatable bonds is 3. The first-order valence-corrected chi connectivity index (χ1v) is 13.5. The van der Waals surface area contributed by atoms with E-state index in [-0.39, 0.29) is 5.41 Å². The van der Waals surface area contributed by atoms with Crippen LogP contribution in [0.5, 0.6) is 0 Å². The van der Waals surface area contributed by atoms with Gasteiger partial charge in [0.15, 0.2) is 0 Å². The Labute approximate surface area is 227 Å². The lowest BCUT2D eigenvalue weighted by molar-refractivity contribution is 0.631. The van der Waals surface area contributed by atoms with Crippen LogP contribution in [0.1, 0.15) is 25.0 Å². The normalized spacial score (nSPS) is 13.6. The first-order valence-electron chi connectivity index (χ1n) is 13.5. The van der Waals surface area contributed by atoms with Crippen LogP contribution in [0.25, 0.3) is 55.0 Å². The molecule has 2 nitrogen and oxygen atoms in total. The van der Waals surface area contributed by atoms with Crippen LogP contribution >= 0.6 is 0 Å². The van der Waals surface area contributed by atoms with Gasteiger partial charge < -0.3 is 9.73 Å². The van der Waals surface area contributed by atoms with Crippen molar-refractivity contribution in [3.05, 3.63) is 132 Å². The third-order valence-corrected chi connectivity index (χ3v) is 8.40. The molecule has 7 aromatic rings. The minimum absolute atomic E-state index is 0.0201. The molecular weight excluding hydrogens is 474 g/mol. The highest BCUT2D eigenvalue weighted by molar-refractivity contribution is 6.03. The Bertz CT molecular complexity index is 2040. The molecule has 1 aliphatic carbocycles. The smallest absolute Gasteiger partial charge is 0.135 e. The molecule has 0 aliphatic heterocycles. The quantitative estimate of drug-likeness (QED) is 0.260. The molecule has 6 aromatic carbocycles. The topological polar surface area (TPSA) is 25.2 Å². The first kappa shape index (κ1) is 22.2. The summed E-state index contributed by atoms with van der Waals surface area (Å²) in [5, 5.41) is 9.80. The second kappa shape index (κ2) is 8.09. The van der Waals surface area contributed by atoms with Crippen molar-refractivity contribution in [1.29, 1.82) is 0 Å². The summed E-state index contributed by atoms with van der Waals surface area (Å²) >= 11 is 0. The van der Waals surface area contributed by atoms with E-state index in [2.05, 4.69) is 122 Å². The Morgan fingerprint density at radius 3 is 2.15 bits per heavy atom. The third-order valence-electron chi connectivity index (χ3n) is 8.40. The fourth-order valence-corrected chi connectivity index (χ4v) is 6.37. The van der Waals surface area contributed by atoms with Gasteiger partial charge in [-0.3, -0.25) is 0 Å². The van der Waals surface area contributed by atoms with Gasteiger partial charge in [-0.15, -0.1) is 0 Å². The summed E-state index contributed by atoms with van der Waals surface area (Å²) in [6.07, 6.45) is 0. The molecule has 0 bridgehead atoms. The molecule has 0 unspecified atom stereocenters. The molecular formula is C37H27NO. The maximum absolute atomic E-state index is 6.10. The van der Waals surface area contributed by atoms with Gasteiger partial charge in [-0.25, -0.2) is 0 Å². The predicted octanol–water partition coefficient (Wildman–Crippen LogP) is 10.5. The van der Waals surface area contributed by atoms with Gasteiger partial charge in [0.1, 0.15) is 11.3 Å². The summed E-state index contributed by atoms with van der Waals surface area (Å²) < 4.78 is 6.10. The van der Waals surface area contributed by atoms with Gasteiger partial charge in [0.25, 0.3) is 0 Å². The number of hydrogen-bond donors (Lipinski definition) is 1. The summed E-state index contributed by atoms with van der Waals surface area (Å²) in [6, 6.07) is 43.5. The molecule has 186 valence electrons. The molecule has 1 aliphatic rings. The van der Waals surface area contributed by atoms with Crippen LogP contribution in [0, 0.1) is 0 Å². The molecule has 0 amide bonds. The van der Waals surface area contributed by atoms with Gasteiger partial charge in [0, 0.05) is 27.7 Å². The van der Waals surface area contributed by atoms with Crippen molar-refractivity contribution in [3.8, 4) is 22.5 Å². The van der Waals surface area contributed by atoms with Gasteiger partial charge in [0.05, 0.1) is 0 Å². The van der Waals surface area contributed by atoms with E-state index >= 15 is 0 Å². The summed E-state index contributed by atoms with van der Waals surface area (Å²) in [7, 11) is 0. The average molecular weight is 502 g/mol. The van der Waals surface area contributed by atoms with Crippen molar-refractivity contribution in [3.63, 3.8) is 0 Å². The summed E-state index contributed by atoms with van der Waals surface area (Å²) in [5.41, 5.74) is 9.65. The molecule has 0 saturated carbocycles. The molecule has 1 N–H and O–H groups in total. The number of para-hydroxylation sites is 1. The Hall–Kier alpha value is -4.82. The Morgan fingerprint density at radius 1 is 0.564 bits per heavy atom. The van der Waals surface area contributed by atoms with Crippen LogP contribution < -0.4 is 5.32 Å². The molecule has 1 heterocycles. The fourth-order valence-electron chi connectivity index (χ4n) is 6.37. The highest BCUT2D eigenvalue weighted by atomic mass is 16.3. The molecule has 0 saturated heterocycles. The molecule has 0 spiro atoms. The lowest BCUT2D eigenvalue weighted by Gasteiger charge is -2.21. The summed E-state index contributed by atoms with van der Waals surface area (Å²) in [5.74, 6) is 0.897. The van der Waals surface area contributed by atoms with E-state index in [4.69, 9.17) is 4.42 Å². The number of nitrogens with one attached hydrogen (secondary N) is 1. The first-order chi connectivity index (χ1) is 19.0. The van der Waals surface area contributed by atoms with Gasteiger partial charge in [-0.1, -0.05) is 92.7 Å². The number of fused-ring (bicyclic) bond motifs is 7. The second-order valence-corrected chi connectivity index (χ2v) is 11.1. The van der Waals surface area contributed by atoms with Crippen molar-refractivity contribution < 1.29 is 4.42 Å². The largest absolute Gasteiger partial charge is 0.456 e. The van der Waals surface area contributed by atoms with Gasteiger partial charge in [-0.05, 0) is 86.3 Å². The zero-order chi connectivity index (χ0) is 26.1. The average Bonchev–Trinajstić information content (AvgIpc) is 3.49. The lowest BCUT2D eigenvalue weighted by atomic mass is 9.82. The van der Waals surface area contributed by atoms with E-state index < -0.39 is 0 Å². The molecule has 39 heavy (non-hydrogen) atoms. The molecule has 0 atom stereocenters. The SMILES string of the molecule is CC1(C)c2ccc(Nc3ccc4cc(-c5cc6ccccc6o5)ccc4c3)cc2-c2c1ccc1ccccc21. The molecule has 0 radical (unpaired) electrons. The Kier molecular flexibility index (Phi) is 4.60. The van der Waals surface area contributed by atoms with E-state index in [1.807, 2.05) is 18.2 Å². The maximum atomic E-state index is 6.10. The van der Waals surface area contributed by atoms with E-state index in [0.29, 0.717) is 0 Å². The number of hydrogen-bond acceptors (Lipinski definition) is 2. The van der Waals surface area contributed by atoms with E-state index in [1.54, 1.807) is 0 Å². The van der Waals surface area contributed by atoms with Gasteiger partial charge >= 0.3 is 0 Å². The number of furan rings is 1. The van der Waals surface area contributed by atoms with Crippen molar-refractivity contribution in [2.75, 3.05) is 5.32 Å². The second-order valence-electron chi connectivity index (χ2n) is 11.1. The van der Waals surface area contributed by atoms with E-state index in [1.165, 1.54) is 43.8 Å². The third kappa shape index (κ3) is 3.42. The van der Waals surface area contributed by atoms with Gasteiger partial charge in [0.2, 0.25) is 0 Å². The fraction of sp³-hybridized carbons (Fsp3) is 0.0811. The highest BCUT2D eigenvalue weighted by Crippen LogP contribution is 2.52. The molecule has 1 aromatic heterocycles. The van der Waals surface area contributed by atoms with Crippen LogP contribution in [0.2, 0.25) is 0 Å². The van der Waals surface area contributed by atoms with Crippen molar-refractivity contribution in [2.45, 2.75) is 19.3 Å². The van der Waals surface area contributed by atoms with E-state index in [0.717, 1.165) is 33.7 Å². The van der Waals surface area contributed by atoms with Crippen LogP contribution in [0.15, 0.2) is 126 Å². The predicted molar refractivity (Wildman–Crippen MR) is 164 cm³/mol. The summed E-state index contributed by atoms with van der Waals surface area (Å²) in [6.45, 7) is 4.67. The minimum atomic E-state index is -0.0201.